The van der Waals surface area contributed by atoms with Gasteiger partial charge in [-0.15, -0.1) is 0 Å². The molecule has 0 aliphatic carbocycles. The van der Waals surface area contributed by atoms with Crippen molar-refractivity contribution in [2.75, 3.05) is 12.3 Å². The molecule has 17 heavy (non-hydrogen) atoms. The number of hydrogen-bond donors (Lipinski definition) is 0. The molecule has 5 nitrogen and oxygen atoms in total. The molecule has 0 radical (unpaired) electrons. The molecule has 0 saturated carbocycles. The van der Waals surface area contributed by atoms with E-state index < -0.39 is 10.0 Å². The lowest BCUT2D eigenvalue weighted by Crippen LogP contribution is -2.39. The number of thioether (sulfide) groups is 1. The fourth-order valence-electron chi connectivity index (χ4n) is 2.43. The highest BCUT2D eigenvalue weighted by Gasteiger charge is 2.45. The van der Waals surface area contributed by atoms with Crippen LogP contribution in [-0.4, -0.2) is 45.9 Å². The van der Waals surface area contributed by atoms with Gasteiger partial charge in [0.05, 0.1) is 0 Å². The molecule has 94 valence electrons. The summed E-state index contributed by atoms with van der Waals surface area (Å²) in [6.07, 6.45) is 2.60. The summed E-state index contributed by atoms with van der Waals surface area (Å²) < 4.78 is 28.2. The van der Waals surface area contributed by atoms with Crippen LogP contribution in [-0.2, 0) is 17.1 Å². The molecule has 2 aliphatic rings. The van der Waals surface area contributed by atoms with Gasteiger partial charge < -0.3 is 4.57 Å². The van der Waals surface area contributed by atoms with Gasteiger partial charge in [0.15, 0.2) is 5.03 Å². The minimum absolute atomic E-state index is 0.178. The van der Waals surface area contributed by atoms with Crippen molar-refractivity contribution in [2.24, 2.45) is 7.05 Å². The number of rotatable bonds is 2. The van der Waals surface area contributed by atoms with Crippen LogP contribution in [0, 0.1) is 6.92 Å². The van der Waals surface area contributed by atoms with E-state index >= 15 is 0 Å². The molecule has 0 N–H and O–H groups in total. The minimum Gasteiger partial charge on any atom is -0.337 e. The molecule has 2 atom stereocenters. The summed E-state index contributed by atoms with van der Waals surface area (Å²) in [6.45, 7) is 2.46. The number of aryl methyl sites for hydroxylation is 2. The maximum absolute atomic E-state index is 12.4. The van der Waals surface area contributed by atoms with Crippen molar-refractivity contribution in [2.45, 2.75) is 29.7 Å². The predicted octanol–water partition coefficient (Wildman–Crippen LogP) is 0.607. The van der Waals surface area contributed by atoms with E-state index in [1.807, 2.05) is 25.7 Å². The second-order valence-corrected chi connectivity index (χ2v) is 7.83. The van der Waals surface area contributed by atoms with E-state index in [1.54, 1.807) is 15.1 Å². The number of hydrogen-bond acceptors (Lipinski definition) is 4. The molecule has 0 unspecified atom stereocenters. The third-order valence-electron chi connectivity index (χ3n) is 3.51. The predicted molar refractivity (Wildman–Crippen MR) is 66.5 cm³/mol. The third-order valence-corrected chi connectivity index (χ3v) is 6.69. The van der Waals surface area contributed by atoms with Gasteiger partial charge in [-0.25, -0.2) is 13.4 Å². The molecule has 0 aromatic carbocycles. The normalized spacial score (nSPS) is 29.1. The van der Waals surface area contributed by atoms with Gasteiger partial charge in [0.25, 0.3) is 10.0 Å². The Kier molecular flexibility index (Phi) is 2.53. The van der Waals surface area contributed by atoms with Crippen molar-refractivity contribution in [1.29, 1.82) is 0 Å². The number of imidazole rings is 1. The Bertz CT molecular complexity index is 532. The average Bonchev–Trinajstić information content (AvgIpc) is 2.95. The second-order valence-electron chi connectivity index (χ2n) is 4.66. The Labute approximate surface area is 105 Å². The smallest absolute Gasteiger partial charge is 0.262 e. The maximum Gasteiger partial charge on any atom is 0.262 e. The summed E-state index contributed by atoms with van der Waals surface area (Å²) in [5, 5.41) is 0.676. The summed E-state index contributed by atoms with van der Waals surface area (Å²) in [5.41, 5.74) is 0. The van der Waals surface area contributed by atoms with Crippen LogP contribution in [0.2, 0.25) is 0 Å². The molecule has 1 aromatic heterocycles. The molecular formula is C10H15N3O2S2. The molecule has 1 aromatic rings. The van der Waals surface area contributed by atoms with Gasteiger partial charge in [0, 0.05) is 36.8 Å². The fourth-order valence-corrected chi connectivity index (χ4v) is 5.76. The van der Waals surface area contributed by atoms with E-state index in [9.17, 15) is 8.42 Å². The summed E-state index contributed by atoms with van der Waals surface area (Å²) in [6, 6.07) is 0.178. The Morgan fingerprint density at radius 2 is 2.29 bits per heavy atom. The molecule has 0 amide bonds. The molecule has 2 bridgehead atoms. The fraction of sp³-hybridized carbons (Fsp3) is 0.700. The number of sulfonamides is 1. The van der Waals surface area contributed by atoms with E-state index in [1.165, 1.54) is 0 Å². The van der Waals surface area contributed by atoms with Crippen LogP contribution in [0.25, 0.3) is 0 Å². The van der Waals surface area contributed by atoms with Crippen molar-refractivity contribution in [3.05, 3.63) is 12.0 Å². The quantitative estimate of drug-likeness (QED) is 0.792. The van der Waals surface area contributed by atoms with E-state index in [4.69, 9.17) is 0 Å². The van der Waals surface area contributed by atoms with Gasteiger partial charge in [-0.1, -0.05) is 0 Å². The van der Waals surface area contributed by atoms with Crippen LogP contribution in [0.3, 0.4) is 0 Å². The first kappa shape index (κ1) is 11.6. The van der Waals surface area contributed by atoms with Gasteiger partial charge in [-0.3, -0.25) is 0 Å². The lowest BCUT2D eigenvalue weighted by Gasteiger charge is -2.24. The highest BCUT2D eigenvalue weighted by molar-refractivity contribution is 8.00. The van der Waals surface area contributed by atoms with Crippen LogP contribution >= 0.6 is 11.8 Å². The molecule has 2 fully saturated rings. The van der Waals surface area contributed by atoms with Crippen molar-refractivity contribution in [3.8, 4) is 0 Å². The Balaban J connectivity index is 1.96. The highest BCUT2D eigenvalue weighted by Crippen LogP contribution is 2.40. The third kappa shape index (κ3) is 1.71. The van der Waals surface area contributed by atoms with Gasteiger partial charge >= 0.3 is 0 Å². The zero-order chi connectivity index (χ0) is 12.2. The van der Waals surface area contributed by atoms with Gasteiger partial charge in [-0.2, -0.15) is 16.1 Å². The minimum atomic E-state index is -3.38. The molecule has 3 rings (SSSR count). The zero-order valence-corrected chi connectivity index (χ0v) is 11.5. The lowest BCUT2D eigenvalue weighted by atomic mass is 10.3. The molecular weight excluding hydrogens is 258 g/mol. The van der Waals surface area contributed by atoms with E-state index in [2.05, 4.69) is 4.98 Å². The van der Waals surface area contributed by atoms with E-state index in [-0.39, 0.29) is 11.1 Å². The largest absolute Gasteiger partial charge is 0.337 e. The van der Waals surface area contributed by atoms with Crippen molar-refractivity contribution in [1.82, 2.24) is 13.9 Å². The van der Waals surface area contributed by atoms with Crippen LogP contribution < -0.4 is 0 Å². The first-order valence-electron chi connectivity index (χ1n) is 5.62. The Morgan fingerprint density at radius 1 is 1.53 bits per heavy atom. The van der Waals surface area contributed by atoms with E-state index in [0.717, 1.165) is 18.0 Å². The molecule has 7 heteroatoms. The summed E-state index contributed by atoms with van der Waals surface area (Å²) >= 11 is 1.88. The van der Waals surface area contributed by atoms with Crippen LogP contribution in [0.4, 0.5) is 0 Å². The topological polar surface area (TPSA) is 55.2 Å². The Hall–Kier alpha value is -0.530. The van der Waals surface area contributed by atoms with Crippen molar-refractivity contribution < 1.29 is 8.42 Å². The number of nitrogens with zero attached hydrogens (tertiary/aromatic N) is 3. The molecule has 2 aliphatic heterocycles. The van der Waals surface area contributed by atoms with Crippen LogP contribution in [0.5, 0.6) is 0 Å². The van der Waals surface area contributed by atoms with E-state index in [0.29, 0.717) is 11.8 Å². The van der Waals surface area contributed by atoms with Gasteiger partial charge in [0.1, 0.15) is 5.82 Å². The maximum atomic E-state index is 12.4. The SMILES string of the molecule is Cc1nc(S(=O)(=O)N2C[C@H]3C[C@H]2CS3)cn1C. The van der Waals surface area contributed by atoms with Crippen molar-refractivity contribution >= 4 is 21.8 Å². The standard InChI is InChI=1S/C10H15N3O2S2/c1-7-11-10(5-12(7)2)17(14,15)13-4-9-3-8(13)6-16-9/h5,8-9H,3-4,6H2,1-2H3/t8-,9+/m0/s1. The molecule has 2 saturated heterocycles. The monoisotopic (exact) mass is 273 g/mol. The number of aromatic nitrogens is 2. The first-order valence-corrected chi connectivity index (χ1v) is 8.11. The first-order chi connectivity index (χ1) is 7.98. The molecule has 0 spiro atoms. The van der Waals surface area contributed by atoms with Crippen LogP contribution in [0.1, 0.15) is 12.2 Å². The summed E-state index contributed by atoms with van der Waals surface area (Å²) in [4.78, 5) is 4.14. The Morgan fingerprint density at radius 3 is 2.76 bits per heavy atom. The van der Waals surface area contributed by atoms with Crippen molar-refractivity contribution in [3.63, 3.8) is 0 Å². The molecule has 3 heterocycles. The van der Waals surface area contributed by atoms with Crippen LogP contribution in [0.15, 0.2) is 11.2 Å². The summed E-state index contributed by atoms with van der Waals surface area (Å²) in [7, 11) is -1.57. The van der Waals surface area contributed by atoms with Gasteiger partial charge in [0.2, 0.25) is 0 Å². The average molecular weight is 273 g/mol. The lowest BCUT2D eigenvalue weighted by molar-refractivity contribution is 0.408. The van der Waals surface area contributed by atoms with Gasteiger partial charge in [-0.05, 0) is 13.3 Å². The zero-order valence-electron chi connectivity index (χ0n) is 9.83. The highest BCUT2D eigenvalue weighted by atomic mass is 32.2. The summed E-state index contributed by atoms with van der Waals surface area (Å²) in [5.74, 6) is 1.65. The second kappa shape index (κ2) is 3.73. The number of fused-ring (bicyclic) bond motifs is 2.